The first-order valence-corrected chi connectivity index (χ1v) is 8.29. The Bertz CT molecular complexity index is 396. The molecule has 0 amide bonds. The summed E-state index contributed by atoms with van der Waals surface area (Å²) in [4.78, 5) is 4.74. The van der Waals surface area contributed by atoms with Crippen LogP contribution in [0.3, 0.4) is 0 Å². The van der Waals surface area contributed by atoms with Crippen LogP contribution in [0.15, 0.2) is 28.7 Å². The zero-order valence-electron chi connectivity index (χ0n) is 13.2. The second-order valence-corrected chi connectivity index (χ2v) is 5.74. The molecular weight excluding hydrogens is 246 g/mol. The predicted molar refractivity (Wildman–Crippen MR) is 86.7 cm³/mol. The van der Waals surface area contributed by atoms with Gasteiger partial charge in [0.1, 0.15) is 5.82 Å². The molecule has 0 radical (unpaired) electrons. The van der Waals surface area contributed by atoms with Crippen LogP contribution in [0, 0.1) is 5.92 Å². The summed E-state index contributed by atoms with van der Waals surface area (Å²) in [5.41, 5.74) is 2.52. The second-order valence-electron chi connectivity index (χ2n) is 5.74. The van der Waals surface area contributed by atoms with Crippen LogP contribution in [0.4, 0.5) is 0 Å². The topological polar surface area (TPSA) is 36.4 Å². The molecule has 1 aliphatic carbocycles. The molecule has 2 aliphatic heterocycles. The number of hydrogen-bond donors (Lipinski definition) is 2. The van der Waals surface area contributed by atoms with Gasteiger partial charge in [0, 0.05) is 23.4 Å². The Kier molecular flexibility index (Phi) is 5.84. The molecule has 2 fully saturated rings. The van der Waals surface area contributed by atoms with Crippen LogP contribution in [-0.4, -0.2) is 18.3 Å². The summed E-state index contributed by atoms with van der Waals surface area (Å²) in [6, 6.07) is 0.652. The van der Waals surface area contributed by atoms with E-state index in [4.69, 9.17) is 4.99 Å². The number of piperidine rings is 1. The smallest absolute Gasteiger partial charge is 0.126 e. The molecule has 20 heavy (non-hydrogen) atoms. The van der Waals surface area contributed by atoms with E-state index >= 15 is 0 Å². The third-order valence-corrected chi connectivity index (χ3v) is 3.94. The Balaban J connectivity index is 0.000000704. The fraction of sp³-hybridized carbons (Fsp3) is 0.706. The first-order chi connectivity index (χ1) is 9.81. The molecule has 1 unspecified atom stereocenters. The highest BCUT2D eigenvalue weighted by Crippen LogP contribution is 2.33. The monoisotopic (exact) mass is 275 g/mol. The minimum absolute atomic E-state index is 0.652. The highest BCUT2D eigenvalue weighted by molar-refractivity contribution is 6.00. The molecule has 1 saturated heterocycles. The molecule has 0 aromatic heterocycles. The summed E-state index contributed by atoms with van der Waals surface area (Å²) in [5.74, 6) is 1.79. The number of nitrogens with one attached hydrogen (secondary N) is 2. The molecule has 0 spiro atoms. The van der Waals surface area contributed by atoms with E-state index in [-0.39, 0.29) is 0 Å². The van der Waals surface area contributed by atoms with Crippen LogP contribution < -0.4 is 10.6 Å². The van der Waals surface area contributed by atoms with Crippen molar-refractivity contribution in [3.63, 3.8) is 0 Å². The number of aliphatic imine (C=N–C) groups is 1. The zero-order chi connectivity index (χ0) is 14.4. The molecule has 112 valence electrons. The highest BCUT2D eigenvalue weighted by atomic mass is 15.1. The molecule has 1 saturated carbocycles. The van der Waals surface area contributed by atoms with Gasteiger partial charge in [-0.15, -0.1) is 0 Å². The minimum Gasteiger partial charge on any atom is -0.344 e. The maximum Gasteiger partial charge on any atom is 0.126 e. The molecule has 3 rings (SSSR count). The first-order valence-electron chi connectivity index (χ1n) is 8.29. The molecule has 0 aromatic rings. The van der Waals surface area contributed by atoms with Crippen molar-refractivity contribution in [2.45, 2.75) is 65.3 Å². The average molecular weight is 275 g/mol. The predicted octanol–water partition coefficient (Wildman–Crippen LogP) is 3.74. The Hall–Kier alpha value is -1.09. The van der Waals surface area contributed by atoms with E-state index in [1.165, 1.54) is 50.1 Å². The van der Waals surface area contributed by atoms with Crippen molar-refractivity contribution >= 4 is 5.71 Å². The average Bonchev–Trinajstić information content (AvgIpc) is 3.33. The SMILES string of the molecule is CC.CC1=CC(C2CC2)=N/C(=C/CC2CCCCN2)N1. The maximum absolute atomic E-state index is 4.74. The Labute approximate surface area is 123 Å². The summed E-state index contributed by atoms with van der Waals surface area (Å²) in [6.07, 6.45) is 12.2. The van der Waals surface area contributed by atoms with Crippen LogP contribution >= 0.6 is 0 Å². The Morgan fingerprint density at radius 3 is 2.70 bits per heavy atom. The number of allylic oxidation sites excluding steroid dienone is 2. The van der Waals surface area contributed by atoms with Gasteiger partial charge in [-0.25, -0.2) is 4.99 Å². The zero-order valence-corrected chi connectivity index (χ0v) is 13.2. The number of nitrogens with zero attached hydrogens (tertiary/aromatic N) is 1. The van der Waals surface area contributed by atoms with Gasteiger partial charge >= 0.3 is 0 Å². The van der Waals surface area contributed by atoms with Crippen LogP contribution in [0.2, 0.25) is 0 Å². The summed E-state index contributed by atoms with van der Waals surface area (Å²) < 4.78 is 0. The van der Waals surface area contributed by atoms with Crippen LogP contribution in [-0.2, 0) is 0 Å². The summed E-state index contributed by atoms with van der Waals surface area (Å²) in [6.45, 7) is 7.31. The maximum atomic E-state index is 4.74. The number of rotatable bonds is 3. The molecular formula is C17H29N3. The molecule has 3 aliphatic rings. The van der Waals surface area contributed by atoms with Crippen LogP contribution in [0.1, 0.15) is 59.3 Å². The molecule has 2 heterocycles. The van der Waals surface area contributed by atoms with E-state index in [9.17, 15) is 0 Å². The van der Waals surface area contributed by atoms with Crippen molar-refractivity contribution in [3.8, 4) is 0 Å². The molecule has 3 heteroatoms. The van der Waals surface area contributed by atoms with Crippen LogP contribution in [0.25, 0.3) is 0 Å². The van der Waals surface area contributed by atoms with E-state index in [1.807, 2.05) is 13.8 Å². The lowest BCUT2D eigenvalue weighted by molar-refractivity contribution is 0.403. The highest BCUT2D eigenvalue weighted by Gasteiger charge is 2.27. The van der Waals surface area contributed by atoms with Crippen molar-refractivity contribution in [2.75, 3.05) is 6.54 Å². The van der Waals surface area contributed by atoms with Crippen molar-refractivity contribution in [1.29, 1.82) is 0 Å². The lowest BCUT2D eigenvalue weighted by atomic mass is 10.0. The van der Waals surface area contributed by atoms with Gasteiger partial charge in [0.05, 0.1) is 0 Å². The minimum atomic E-state index is 0.652. The van der Waals surface area contributed by atoms with Crippen molar-refractivity contribution in [3.05, 3.63) is 23.7 Å². The summed E-state index contributed by atoms with van der Waals surface area (Å²) >= 11 is 0. The fourth-order valence-electron chi connectivity index (χ4n) is 2.72. The van der Waals surface area contributed by atoms with E-state index in [0.717, 1.165) is 18.2 Å². The van der Waals surface area contributed by atoms with E-state index in [2.05, 4.69) is 29.7 Å². The van der Waals surface area contributed by atoms with Crippen molar-refractivity contribution < 1.29 is 0 Å². The van der Waals surface area contributed by atoms with E-state index in [1.54, 1.807) is 0 Å². The van der Waals surface area contributed by atoms with E-state index in [0.29, 0.717) is 6.04 Å². The third kappa shape index (κ3) is 4.48. The van der Waals surface area contributed by atoms with Gasteiger partial charge in [-0.1, -0.05) is 20.3 Å². The quantitative estimate of drug-likeness (QED) is 0.823. The van der Waals surface area contributed by atoms with Gasteiger partial charge in [0.2, 0.25) is 0 Å². The lowest BCUT2D eigenvalue weighted by Crippen LogP contribution is -2.33. The second kappa shape index (κ2) is 7.63. The van der Waals surface area contributed by atoms with Crippen molar-refractivity contribution in [1.82, 2.24) is 10.6 Å². The van der Waals surface area contributed by atoms with Gasteiger partial charge in [-0.2, -0.15) is 0 Å². The molecule has 0 aromatic carbocycles. The first kappa shape index (κ1) is 15.3. The third-order valence-electron chi connectivity index (χ3n) is 3.94. The van der Waals surface area contributed by atoms with Crippen LogP contribution in [0.5, 0.6) is 0 Å². The summed E-state index contributed by atoms with van der Waals surface area (Å²) in [7, 11) is 0. The van der Waals surface area contributed by atoms with Gasteiger partial charge < -0.3 is 10.6 Å². The standard InChI is InChI=1S/C15H23N3.C2H6/c1-11-10-14(12-5-6-12)18-15(17-11)8-7-13-4-2-3-9-16-13;1-2/h8,10,12-13,16-17H,2-7,9H2,1H3;1-2H3/b15-8+;. The van der Waals surface area contributed by atoms with Gasteiger partial charge in [0.25, 0.3) is 0 Å². The molecule has 0 bridgehead atoms. The van der Waals surface area contributed by atoms with Gasteiger partial charge in [-0.05, 0) is 57.7 Å². The Morgan fingerprint density at radius 2 is 2.05 bits per heavy atom. The van der Waals surface area contributed by atoms with Crippen molar-refractivity contribution in [2.24, 2.45) is 10.9 Å². The largest absolute Gasteiger partial charge is 0.344 e. The number of hydrogen-bond acceptors (Lipinski definition) is 3. The van der Waals surface area contributed by atoms with Gasteiger partial charge in [-0.3, -0.25) is 0 Å². The van der Waals surface area contributed by atoms with Gasteiger partial charge in [0.15, 0.2) is 0 Å². The summed E-state index contributed by atoms with van der Waals surface area (Å²) in [5, 5.41) is 6.96. The molecule has 2 N–H and O–H groups in total. The normalized spacial score (nSPS) is 27.9. The fourth-order valence-corrected chi connectivity index (χ4v) is 2.72. The lowest BCUT2D eigenvalue weighted by Gasteiger charge is -2.22. The molecule has 1 atom stereocenters. The van der Waals surface area contributed by atoms with E-state index < -0.39 is 0 Å². The molecule has 3 nitrogen and oxygen atoms in total. The Morgan fingerprint density at radius 1 is 1.25 bits per heavy atom.